The summed E-state index contributed by atoms with van der Waals surface area (Å²) < 4.78 is 1.52. The van der Waals surface area contributed by atoms with Crippen molar-refractivity contribution in [3.8, 4) is 0 Å². The van der Waals surface area contributed by atoms with E-state index in [1.165, 1.54) is 10.9 Å². The molecule has 1 aliphatic heterocycles. The summed E-state index contributed by atoms with van der Waals surface area (Å²) in [6.45, 7) is 3.06. The van der Waals surface area contributed by atoms with Crippen LogP contribution in [0.1, 0.15) is 32.6 Å². The third-order valence-corrected chi connectivity index (χ3v) is 4.77. The number of rotatable bonds is 4. The maximum absolute atomic E-state index is 12.6. The number of hydrogen-bond acceptors (Lipinski definition) is 4. The number of para-hydroxylation sites is 1. The van der Waals surface area contributed by atoms with E-state index in [1.54, 1.807) is 6.07 Å². The fourth-order valence-electron chi connectivity index (χ4n) is 3.44. The number of fused-ring (bicyclic) bond motifs is 1. The molecule has 1 aliphatic rings. The quantitative estimate of drug-likeness (QED) is 0.898. The lowest BCUT2D eigenvalue weighted by Gasteiger charge is -2.38. The summed E-state index contributed by atoms with van der Waals surface area (Å²) in [5.74, 6) is 0.0667. The molecule has 7 heteroatoms. The average Bonchev–Trinajstić information content (AvgIpc) is 2.61. The fraction of sp³-hybridized carbons (Fsp3) is 0.500. The molecule has 2 unspecified atom stereocenters. The lowest BCUT2D eigenvalue weighted by molar-refractivity contribution is -0.135. The van der Waals surface area contributed by atoms with Gasteiger partial charge < -0.3 is 10.6 Å². The number of carbonyl (C=O) groups excluding carboxylic acids is 1. The second-order valence-corrected chi connectivity index (χ2v) is 6.52. The minimum atomic E-state index is -0.101. The van der Waals surface area contributed by atoms with Gasteiger partial charge in [-0.05, 0) is 38.3 Å². The number of benzene rings is 1. The van der Waals surface area contributed by atoms with Gasteiger partial charge in [-0.2, -0.15) is 0 Å². The molecule has 0 saturated carbocycles. The number of nitrogens with two attached hydrogens (primary N) is 1. The first-order valence-electron chi connectivity index (χ1n) is 8.57. The number of likely N-dealkylation sites (tertiary alicyclic amines) is 1. The summed E-state index contributed by atoms with van der Waals surface area (Å²) in [4.78, 5) is 31.3. The van der Waals surface area contributed by atoms with Crippen molar-refractivity contribution in [3.63, 3.8) is 0 Å². The van der Waals surface area contributed by atoms with Crippen LogP contribution in [0.5, 0.6) is 0 Å². The number of piperidine rings is 1. The van der Waals surface area contributed by atoms with Crippen LogP contribution in [-0.2, 0) is 11.3 Å². The van der Waals surface area contributed by atoms with Crippen molar-refractivity contribution in [2.75, 3.05) is 6.54 Å². The van der Waals surface area contributed by atoms with Gasteiger partial charge in [0, 0.05) is 31.6 Å². The van der Waals surface area contributed by atoms with Gasteiger partial charge in [0.25, 0.3) is 5.56 Å². The van der Waals surface area contributed by atoms with Crippen LogP contribution >= 0.6 is 12.4 Å². The molecule has 1 saturated heterocycles. The number of carbonyl (C=O) groups is 1. The summed E-state index contributed by atoms with van der Waals surface area (Å²) in [7, 11) is 0. The van der Waals surface area contributed by atoms with Crippen LogP contribution in [-0.4, -0.2) is 39.0 Å². The first-order chi connectivity index (χ1) is 11.6. The standard InChI is InChI=1S/C18H24N4O2.ClH/c1-13(19)16-8-4-5-10-22(16)17(23)9-11-21-12-20-15-7-3-2-6-14(15)18(21)24;/h2-3,6-7,12-13,16H,4-5,8-11,19H2,1H3;1H. The number of aromatic nitrogens is 2. The van der Waals surface area contributed by atoms with Gasteiger partial charge in [-0.1, -0.05) is 12.1 Å². The monoisotopic (exact) mass is 364 g/mol. The average molecular weight is 365 g/mol. The molecule has 136 valence electrons. The first-order valence-corrected chi connectivity index (χ1v) is 8.57. The van der Waals surface area contributed by atoms with Gasteiger partial charge in [-0.25, -0.2) is 4.98 Å². The van der Waals surface area contributed by atoms with Gasteiger partial charge in [-0.3, -0.25) is 14.2 Å². The Labute approximate surface area is 153 Å². The van der Waals surface area contributed by atoms with Gasteiger partial charge in [0.15, 0.2) is 0 Å². The van der Waals surface area contributed by atoms with E-state index in [2.05, 4.69) is 4.98 Å². The Morgan fingerprint density at radius 2 is 2.12 bits per heavy atom. The lowest BCUT2D eigenvalue weighted by atomic mass is 9.96. The lowest BCUT2D eigenvalue weighted by Crippen LogP contribution is -2.51. The van der Waals surface area contributed by atoms with Crippen LogP contribution in [0, 0.1) is 0 Å². The maximum atomic E-state index is 12.6. The molecule has 2 atom stereocenters. The van der Waals surface area contributed by atoms with Crippen molar-refractivity contribution in [2.45, 2.75) is 51.2 Å². The van der Waals surface area contributed by atoms with E-state index < -0.39 is 0 Å². The van der Waals surface area contributed by atoms with Crippen molar-refractivity contribution in [2.24, 2.45) is 5.73 Å². The molecular formula is C18H25ClN4O2. The molecular weight excluding hydrogens is 340 g/mol. The Hall–Kier alpha value is -1.92. The molecule has 0 spiro atoms. The number of halogens is 1. The smallest absolute Gasteiger partial charge is 0.261 e. The molecule has 2 N–H and O–H groups in total. The SMILES string of the molecule is CC(N)C1CCCCN1C(=O)CCn1cnc2ccccc2c1=O.Cl. The first kappa shape index (κ1) is 19.4. The summed E-state index contributed by atoms with van der Waals surface area (Å²) in [5.41, 5.74) is 6.61. The minimum Gasteiger partial charge on any atom is -0.338 e. The molecule has 2 aromatic rings. The Bertz CT molecular complexity index is 790. The molecule has 0 bridgehead atoms. The number of nitrogens with zero attached hydrogens (tertiary/aromatic N) is 3. The topological polar surface area (TPSA) is 81.2 Å². The van der Waals surface area contributed by atoms with E-state index in [0.717, 1.165) is 25.8 Å². The van der Waals surface area contributed by atoms with Crippen LogP contribution in [0.3, 0.4) is 0 Å². The highest BCUT2D eigenvalue weighted by Crippen LogP contribution is 2.20. The minimum absolute atomic E-state index is 0. The van der Waals surface area contributed by atoms with Crippen molar-refractivity contribution in [1.82, 2.24) is 14.5 Å². The molecule has 0 aliphatic carbocycles. The molecule has 6 nitrogen and oxygen atoms in total. The molecule has 0 radical (unpaired) electrons. The molecule has 1 aromatic heterocycles. The summed E-state index contributed by atoms with van der Waals surface area (Å²) in [6.07, 6.45) is 4.91. The second-order valence-electron chi connectivity index (χ2n) is 6.52. The molecule has 2 heterocycles. The number of hydrogen-bond donors (Lipinski definition) is 1. The van der Waals surface area contributed by atoms with E-state index in [9.17, 15) is 9.59 Å². The van der Waals surface area contributed by atoms with Crippen LogP contribution in [0.4, 0.5) is 0 Å². The van der Waals surface area contributed by atoms with Gasteiger partial charge in [0.05, 0.1) is 17.2 Å². The number of aryl methyl sites for hydroxylation is 1. The molecule has 1 aromatic carbocycles. The maximum Gasteiger partial charge on any atom is 0.261 e. The van der Waals surface area contributed by atoms with Gasteiger partial charge in [0.2, 0.25) is 5.91 Å². The highest BCUT2D eigenvalue weighted by molar-refractivity contribution is 5.85. The van der Waals surface area contributed by atoms with Crippen molar-refractivity contribution in [1.29, 1.82) is 0 Å². The predicted molar refractivity (Wildman–Crippen MR) is 101 cm³/mol. The van der Waals surface area contributed by atoms with Crippen LogP contribution < -0.4 is 11.3 Å². The zero-order chi connectivity index (χ0) is 17.1. The second kappa shape index (κ2) is 8.45. The highest BCUT2D eigenvalue weighted by Gasteiger charge is 2.28. The Balaban J connectivity index is 0.00000225. The molecule has 1 amide bonds. The van der Waals surface area contributed by atoms with Gasteiger partial charge >= 0.3 is 0 Å². The predicted octanol–water partition coefficient (Wildman–Crippen LogP) is 1.94. The van der Waals surface area contributed by atoms with Crippen molar-refractivity contribution >= 4 is 29.2 Å². The zero-order valence-corrected chi connectivity index (χ0v) is 15.2. The largest absolute Gasteiger partial charge is 0.338 e. The van der Waals surface area contributed by atoms with Crippen LogP contribution in [0.2, 0.25) is 0 Å². The van der Waals surface area contributed by atoms with Gasteiger partial charge in [-0.15, -0.1) is 12.4 Å². The van der Waals surface area contributed by atoms with E-state index in [-0.39, 0.29) is 36.0 Å². The highest BCUT2D eigenvalue weighted by atomic mass is 35.5. The zero-order valence-electron chi connectivity index (χ0n) is 14.4. The van der Waals surface area contributed by atoms with Gasteiger partial charge in [0.1, 0.15) is 0 Å². The van der Waals surface area contributed by atoms with Crippen LogP contribution in [0.25, 0.3) is 10.9 Å². The summed E-state index contributed by atoms with van der Waals surface area (Å²) in [6, 6.07) is 7.33. The van der Waals surface area contributed by atoms with Crippen molar-refractivity contribution in [3.05, 3.63) is 40.9 Å². The summed E-state index contributed by atoms with van der Waals surface area (Å²) in [5, 5.41) is 0.582. The fourth-order valence-corrected chi connectivity index (χ4v) is 3.44. The Morgan fingerprint density at radius 3 is 2.88 bits per heavy atom. The van der Waals surface area contributed by atoms with E-state index in [1.807, 2.05) is 30.0 Å². The van der Waals surface area contributed by atoms with E-state index in [0.29, 0.717) is 23.9 Å². The third-order valence-electron chi connectivity index (χ3n) is 4.77. The normalized spacial score (nSPS) is 18.6. The summed E-state index contributed by atoms with van der Waals surface area (Å²) >= 11 is 0. The Kier molecular flexibility index (Phi) is 6.56. The third kappa shape index (κ3) is 4.19. The van der Waals surface area contributed by atoms with Crippen molar-refractivity contribution < 1.29 is 4.79 Å². The molecule has 3 rings (SSSR count). The van der Waals surface area contributed by atoms with E-state index >= 15 is 0 Å². The number of amides is 1. The molecule has 25 heavy (non-hydrogen) atoms. The Morgan fingerprint density at radius 1 is 1.36 bits per heavy atom. The molecule has 1 fully saturated rings. The van der Waals surface area contributed by atoms with Crippen LogP contribution in [0.15, 0.2) is 35.4 Å². The van der Waals surface area contributed by atoms with E-state index in [4.69, 9.17) is 5.73 Å².